The summed E-state index contributed by atoms with van der Waals surface area (Å²) in [6.07, 6.45) is -0.0929. The number of hydrogen-bond acceptors (Lipinski definition) is 6. The van der Waals surface area contributed by atoms with Gasteiger partial charge in [-0.3, -0.25) is 14.5 Å². The van der Waals surface area contributed by atoms with Gasteiger partial charge in [-0.05, 0) is 23.8 Å². The maximum absolute atomic E-state index is 12.7. The summed E-state index contributed by atoms with van der Waals surface area (Å²) in [5.74, 6) is -2.54. The van der Waals surface area contributed by atoms with Crippen LogP contribution in [0.4, 0.5) is 5.69 Å². The van der Waals surface area contributed by atoms with Crippen LogP contribution in [0.15, 0.2) is 48.5 Å². The highest BCUT2D eigenvalue weighted by Gasteiger charge is 2.43. The third kappa shape index (κ3) is 3.98. The Labute approximate surface area is 167 Å². The number of aliphatic hydroxyl groups is 2. The van der Waals surface area contributed by atoms with Gasteiger partial charge in [0.1, 0.15) is 6.04 Å². The van der Waals surface area contributed by atoms with Gasteiger partial charge in [0.15, 0.2) is 0 Å². The van der Waals surface area contributed by atoms with Gasteiger partial charge in [0.25, 0.3) is 11.8 Å². The highest BCUT2D eigenvalue weighted by atomic mass is 16.4. The molecule has 0 unspecified atom stereocenters. The number of carboxylic acid groups (broad SMARTS) is 1. The largest absolute Gasteiger partial charge is 0.480 e. The quantitative estimate of drug-likeness (QED) is 0.534. The maximum atomic E-state index is 12.7. The molecule has 152 valence electrons. The summed E-state index contributed by atoms with van der Waals surface area (Å²) in [5.41, 5.74) is 1.62. The van der Waals surface area contributed by atoms with Crippen molar-refractivity contribution in [3.63, 3.8) is 0 Å². The number of rotatable bonds is 9. The first-order chi connectivity index (χ1) is 14.0. The molecule has 8 heteroatoms. The molecule has 0 fully saturated rings. The first-order valence-corrected chi connectivity index (χ1v) is 9.24. The van der Waals surface area contributed by atoms with E-state index in [1.807, 2.05) is 0 Å². The summed E-state index contributed by atoms with van der Waals surface area (Å²) < 4.78 is 0. The van der Waals surface area contributed by atoms with Crippen molar-refractivity contribution in [1.29, 1.82) is 0 Å². The minimum atomic E-state index is -1.38. The molecule has 3 N–H and O–H groups in total. The zero-order valence-corrected chi connectivity index (χ0v) is 15.7. The molecule has 0 saturated heterocycles. The van der Waals surface area contributed by atoms with Crippen LogP contribution in [0.2, 0.25) is 0 Å². The van der Waals surface area contributed by atoms with E-state index in [9.17, 15) is 29.7 Å². The lowest BCUT2D eigenvalue weighted by Gasteiger charge is -2.28. The number of para-hydroxylation sites is 1. The van der Waals surface area contributed by atoms with Gasteiger partial charge in [-0.15, -0.1) is 0 Å². The molecule has 1 aliphatic rings. The van der Waals surface area contributed by atoms with Crippen LogP contribution in [-0.2, 0) is 11.2 Å². The van der Waals surface area contributed by atoms with Crippen molar-refractivity contribution in [2.75, 3.05) is 31.2 Å². The number of imide groups is 1. The van der Waals surface area contributed by atoms with Gasteiger partial charge in [-0.2, -0.15) is 0 Å². The molecule has 0 radical (unpaired) electrons. The van der Waals surface area contributed by atoms with Crippen LogP contribution in [0, 0.1) is 0 Å². The second-order valence-corrected chi connectivity index (χ2v) is 6.65. The first kappa shape index (κ1) is 20.5. The number of aliphatic carboxylic acids is 1. The summed E-state index contributed by atoms with van der Waals surface area (Å²) >= 11 is 0. The third-order valence-corrected chi connectivity index (χ3v) is 4.91. The van der Waals surface area contributed by atoms with Crippen LogP contribution in [-0.4, -0.2) is 70.3 Å². The Hall–Kier alpha value is -3.23. The van der Waals surface area contributed by atoms with Crippen molar-refractivity contribution in [2.45, 2.75) is 12.5 Å². The van der Waals surface area contributed by atoms with E-state index < -0.39 is 23.8 Å². The molecular formula is C21H22N2O6. The Bertz CT molecular complexity index is 888. The number of carbonyl (C=O) groups excluding carboxylic acids is 2. The molecular weight excluding hydrogens is 376 g/mol. The number of carbonyl (C=O) groups is 3. The van der Waals surface area contributed by atoms with Crippen molar-refractivity contribution in [2.24, 2.45) is 0 Å². The molecule has 2 aromatic carbocycles. The molecule has 2 amide bonds. The van der Waals surface area contributed by atoms with Gasteiger partial charge in [0.2, 0.25) is 0 Å². The number of fused-ring (bicyclic) bond motifs is 1. The van der Waals surface area contributed by atoms with E-state index in [1.54, 1.807) is 41.3 Å². The van der Waals surface area contributed by atoms with Crippen LogP contribution in [0.5, 0.6) is 0 Å². The van der Waals surface area contributed by atoms with Crippen LogP contribution in [0.25, 0.3) is 0 Å². The summed E-state index contributed by atoms with van der Waals surface area (Å²) in [5, 5.41) is 28.4. The number of hydrogen-bond donors (Lipinski definition) is 3. The van der Waals surface area contributed by atoms with E-state index in [1.165, 1.54) is 12.1 Å². The maximum Gasteiger partial charge on any atom is 0.327 e. The topological polar surface area (TPSA) is 118 Å². The van der Waals surface area contributed by atoms with Crippen LogP contribution < -0.4 is 4.90 Å². The molecule has 8 nitrogen and oxygen atoms in total. The molecule has 3 rings (SSSR count). The second-order valence-electron chi connectivity index (χ2n) is 6.65. The van der Waals surface area contributed by atoms with Gasteiger partial charge < -0.3 is 20.2 Å². The molecule has 2 aromatic rings. The Balaban J connectivity index is 1.95. The smallest absolute Gasteiger partial charge is 0.327 e. The molecule has 1 aliphatic heterocycles. The van der Waals surface area contributed by atoms with Crippen LogP contribution in [0.1, 0.15) is 26.3 Å². The summed E-state index contributed by atoms with van der Waals surface area (Å²) in [6, 6.07) is 11.8. The molecule has 1 heterocycles. The van der Waals surface area contributed by atoms with Crippen molar-refractivity contribution < 1.29 is 29.7 Å². The lowest BCUT2D eigenvalue weighted by atomic mass is 10.0. The van der Waals surface area contributed by atoms with Gasteiger partial charge in [-0.25, -0.2) is 4.79 Å². The van der Waals surface area contributed by atoms with Gasteiger partial charge >= 0.3 is 5.97 Å². The zero-order chi connectivity index (χ0) is 21.0. The highest BCUT2D eigenvalue weighted by Crippen LogP contribution is 2.28. The second kappa shape index (κ2) is 8.85. The summed E-state index contributed by atoms with van der Waals surface area (Å²) in [6.45, 7) is 0.217. The predicted molar refractivity (Wildman–Crippen MR) is 105 cm³/mol. The van der Waals surface area contributed by atoms with Crippen molar-refractivity contribution in [1.82, 2.24) is 4.90 Å². The standard InChI is InChI=1S/C21H22N2O6/c24-11-9-22(10-12-25)17-8-4-1-5-14(17)13-18(21(28)29)23-19(26)15-6-2-3-7-16(15)20(23)27/h1-8,18,24-25H,9-13H2,(H,28,29)/t18-/m1/s1. The van der Waals surface area contributed by atoms with Gasteiger partial charge in [0, 0.05) is 25.2 Å². The monoisotopic (exact) mass is 398 g/mol. The number of aliphatic hydroxyl groups excluding tert-OH is 2. The van der Waals surface area contributed by atoms with E-state index >= 15 is 0 Å². The SMILES string of the molecule is O=C(O)[C@@H](Cc1ccccc1N(CCO)CCO)N1C(=O)c2ccccc2C1=O. The number of benzene rings is 2. The molecule has 29 heavy (non-hydrogen) atoms. The molecule has 0 saturated carbocycles. The number of nitrogens with zero attached hydrogens (tertiary/aromatic N) is 2. The molecule has 0 bridgehead atoms. The van der Waals surface area contributed by atoms with Crippen LogP contribution >= 0.6 is 0 Å². The predicted octanol–water partition coefficient (Wildman–Crippen LogP) is 0.770. The summed E-state index contributed by atoms with van der Waals surface area (Å²) in [7, 11) is 0. The lowest BCUT2D eigenvalue weighted by Crippen LogP contribution is -2.46. The lowest BCUT2D eigenvalue weighted by molar-refractivity contribution is -0.141. The normalized spacial score (nSPS) is 14.1. The Morgan fingerprint density at radius 1 is 0.897 bits per heavy atom. The fourth-order valence-electron chi connectivity index (χ4n) is 3.57. The average Bonchev–Trinajstić information content (AvgIpc) is 2.97. The minimum absolute atomic E-state index is 0.0929. The Kier molecular flexibility index (Phi) is 6.26. The fraction of sp³-hybridized carbons (Fsp3) is 0.286. The van der Waals surface area contributed by atoms with Gasteiger partial charge in [0.05, 0.1) is 24.3 Å². The zero-order valence-electron chi connectivity index (χ0n) is 15.7. The molecule has 0 aromatic heterocycles. The highest BCUT2D eigenvalue weighted by molar-refractivity contribution is 6.22. The van der Waals surface area contributed by atoms with E-state index in [0.29, 0.717) is 11.3 Å². The minimum Gasteiger partial charge on any atom is -0.480 e. The average molecular weight is 398 g/mol. The number of carboxylic acids is 1. The van der Waals surface area contributed by atoms with Crippen molar-refractivity contribution >= 4 is 23.5 Å². The summed E-state index contributed by atoms with van der Waals surface area (Å²) in [4.78, 5) is 40.0. The Morgan fingerprint density at radius 3 is 1.93 bits per heavy atom. The van der Waals surface area contributed by atoms with Crippen molar-refractivity contribution in [3.05, 3.63) is 65.2 Å². The van der Waals surface area contributed by atoms with E-state index in [-0.39, 0.29) is 43.9 Å². The van der Waals surface area contributed by atoms with E-state index in [0.717, 1.165) is 4.90 Å². The van der Waals surface area contributed by atoms with E-state index in [2.05, 4.69) is 0 Å². The molecule has 0 aliphatic carbocycles. The van der Waals surface area contributed by atoms with Gasteiger partial charge in [-0.1, -0.05) is 30.3 Å². The van der Waals surface area contributed by atoms with E-state index in [4.69, 9.17) is 0 Å². The van der Waals surface area contributed by atoms with Crippen molar-refractivity contribution in [3.8, 4) is 0 Å². The van der Waals surface area contributed by atoms with Crippen LogP contribution in [0.3, 0.4) is 0 Å². The fourth-order valence-corrected chi connectivity index (χ4v) is 3.57. The first-order valence-electron chi connectivity index (χ1n) is 9.24. The third-order valence-electron chi connectivity index (χ3n) is 4.91. The molecule has 0 spiro atoms. The number of anilines is 1. The molecule has 1 atom stereocenters. The Morgan fingerprint density at radius 2 is 1.41 bits per heavy atom. The number of amides is 2.